The molecule has 0 saturated heterocycles. The molecule has 5 rings (SSSR count). The van der Waals surface area contributed by atoms with Crippen LogP contribution in [0.3, 0.4) is 0 Å². The number of nitrogens with zero attached hydrogens (tertiary/aromatic N) is 5. The third-order valence-corrected chi connectivity index (χ3v) is 5.61. The summed E-state index contributed by atoms with van der Waals surface area (Å²) < 4.78 is 13.1. The fourth-order valence-corrected chi connectivity index (χ4v) is 4.20. The number of nitrogens with one attached hydrogen (secondary N) is 2. The number of benzene rings is 1. The van der Waals surface area contributed by atoms with E-state index in [9.17, 15) is 0 Å². The van der Waals surface area contributed by atoms with Gasteiger partial charge in [0.05, 0.1) is 29.4 Å². The summed E-state index contributed by atoms with van der Waals surface area (Å²) in [5, 5.41) is 14.0. The molecule has 9 nitrogen and oxygen atoms in total. The summed E-state index contributed by atoms with van der Waals surface area (Å²) in [6.07, 6.45) is 1.55. The van der Waals surface area contributed by atoms with Crippen molar-refractivity contribution in [2.24, 2.45) is 0 Å². The minimum absolute atomic E-state index is 0.212. The lowest BCUT2D eigenvalue weighted by atomic mass is 10.0. The molecule has 32 heavy (non-hydrogen) atoms. The summed E-state index contributed by atoms with van der Waals surface area (Å²) in [6.45, 7) is 10.00. The third kappa shape index (κ3) is 3.08. The molecule has 4 aromatic heterocycles. The van der Waals surface area contributed by atoms with E-state index in [0.717, 1.165) is 61.8 Å². The number of aromatic nitrogens is 6. The van der Waals surface area contributed by atoms with Gasteiger partial charge >= 0.3 is 0 Å². The molecule has 0 radical (unpaired) electrons. The summed E-state index contributed by atoms with van der Waals surface area (Å²) >= 11 is 0. The minimum Gasteiger partial charge on any atom is -0.496 e. The van der Waals surface area contributed by atoms with E-state index in [0.29, 0.717) is 5.82 Å². The van der Waals surface area contributed by atoms with Crippen molar-refractivity contribution >= 4 is 33.6 Å². The molecule has 0 saturated carbocycles. The van der Waals surface area contributed by atoms with E-state index in [2.05, 4.69) is 50.4 Å². The second kappa shape index (κ2) is 7.37. The number of hydrogen-bond acceptors (Lipinski definition) is 7. The molecule has 5 aromatic rings. The van der Waals surface area contributed by atoms with Gasteiger partial charge in [-0.2, -0.15) is 5.10 Å². The minimum atomic E-state index is 0.212. The Morgan fingerprint density at radius 3 is 2.62 bits per heavy atom. The first-order valence-corrected chi connectivity index (χ1v) is 10.5. The second-order valence-electron chi connectivity index (χ2n) is 8.20. The third-order valence-electron chi connectivity index (χ3n) is 5.61. The predicted octanol–water partition coefficient (Wildman–Crippen LogP) is 5.22. The van der Waals surface area contributed by atoms with Crippen LogP contribution < -0.4 is 10.1 Å². The first kappa shape index (κ1) is 20.0. The van der Waals surface area contributed by atoms with Crippen LogP contribution in [0.25, 0.3) is 33.1 Å². The molecule has 0 aliphatic carbocycles. The lowest BCUT2D eigenvalue weighted by molar-refractivity contribution is 0.393. The van der Waals surface area contributed by atoms with E-state index >= 15 is 0 Å². The van der Waals surface area contributed by atoms with Crippen LogP contribution >= 0.6 is 0 Å². The van der Waals surface area contributed by atoms with E-state index in [1.807, 2.05) is 37.6 Å². The zero-order valence-corrected chi connectivity index (χ0v) is 18.9. The summed E-state index contributed by atoms with van der Waals surface area (Å²) in [7, 11) is 1.66. The zero-order chi connectivity index (χ0) is 22.6. The van der Waals surface area contributed by atoms with Crippen LogP contribution in [0.4, 0.5) is 11.6 Å². The van der Waals surface area contributed by atoms with Gasteiger partial charge in [-0.15, -0.1) is 0 Å². The molecular weight excluding hydrogens is 406 g/mol. The molecule has 2 N–H and O–H groups in total. The van der Waals surface area contributed by atoms with E-state index < -0.39 is 0 Å². The summed E-state index contributed by atoms with van der Waals surface area (Å²) in [5.74, 6) is 3.06. The Morgan fingerprint density at radius 2 is 1.94 bits per heavy atom. The van der Waals surface area contributed by atoms with E-state index in [-0.39, 0.29) is 6.04 Å². The van der Waals surface area contributed by atoms with Crippen molar-refractivity contribution in [2.75, 3.05) is 12.4 Å². The van der Waals surface area contributed by atoms with Gasteiger partial charge in [0.15, 0.2) is 0 Å². The zero-order valence-electron chi connectivity index (χ0n) is 18.9. The van der Waals surface area contributed by atoms with Crippen LogP contribution in [0.15, 0.2) is 29.0 Å². The Bertz CT molecular complexity index is 1440. The highest BCUT2D eigenvalue weighted by atomic mass is 16.5. The van der Waals surface area contributed by atoms with Gasteiger partial charge in [0.2, 0.25) is 0 Å². The van der Waals surface area contributed by atoms with Crippen molar-refractivity contribution in [3.05, 3.63) is 41.7 Å². The molecule has 0 aliphatic heterocycles. The average Bonchev–Trinajstić information content (AvgIpc) is 3.41. The van der Waals surface area contributed by atoms with Crippen molar-refractivity contribution in [2.45, 2.75) is 40.7 Å². The molecule has 1 aromatic carbocycles. The lowest BCUT2D eigenvalue weighted by Gasteiger charge is -2.13. The van der Waals surface area contributed by atoms with Gasteiger partial charge in [-0.1, -0.05) is 5.16 Å². The largest absolute Gasteiger partial charge is 0.496 e. The molecular formula is C23H25N7O2. The number of ether oxygens (including phenoxy) is 1. The highest BCUT2D eigenvalue weighted by molar-refractivity contribution is 6.13. The average molecular weight is 432 g/mol. The van der Waals surface area contributed by atoms with Crippen molar-refractivity contribution in [1.82, 2.24) is 29.9 Å². The molecule has 0 bridgehead atoms. The summed E-state index contributed by atoms with van der Waals surface area (Å²) in [5.41, 5.74) is 5.27. The number of rotatable bonds is 5. The van der Waals surface area contributed by atoms with Crippen LogP contribution in [-0.2, 0) is 0 Å². The van der Waals surface area contributed by atoms with Crippen LogP contribution in [0.5, 0.6) is 5.75 Å². The van der Waals surface area contributed by atoms with Gasteiger partial charge in [0.1, 0.15) is 35.1 Å². The number of fused-ring (bicyclic) bond motifs is 3. The quantitative estimate of drug-likeness (QED) is 0.393. The standard InChI is InChI=1S/C23H25N7O2/c1-11(2)30-19(7-12(3)28-30)27-23-21-15-9-18(31-6)16(20-13(4)29-32-14(20)5)8-17(15)26-22(21)24-10-25-23/h7-11H,1-6H3,(H2,24,25,26,27). The second-order valence-corrected chi connectivity index (χ2v) is 8.20. The molecule has 0 aliphatic rings. The molecule has 0 fully saturated rings. The van der Waals surface area contributed by atoms with Gasteiger partial charge < -0.3 is 19.6 Å². The van der Waals surface area contributed by atoms with Crippen LogP contribution in [0.1, 0.15) is 37.0 Å². The smallest absolute Gasteiger partial charge is 0.145 e. The number of H-pyrrole nitrogens is 1. The Morgan fingerprint density at radius 1 is 1.12 bits per heavy atom. The molecule has 4 heterocycles. The Balaban J connectivity index is 1.72. The van der Waals surface area contributed by atoms with Crippen molar-refractivity contribution in [3.8, 4) is 16.9 Å². The van der Waals surface area contributed by atoms with Gasteiger partial charge in [-0.3, -0.25) is 0 Å². The molecule has 0 atom stereocenters. The molecule has 0 amide bonds. The topological polar surface area (TPSA) is 107 Å². The molecule has 9 heteroatoms. The summed E-state index contributed by atoms with van der Waals surface area (Å²) in [4.78, 5) is 12.4. The number of anilines is 2. The van der Waals surface area contributed by atoms with Gasteiger partial charge in [0, 0.05) is 28.6 Å². The van der Waals surface area contributed by atoms with Crippen LogP contribution in [0.2, 0.25) is 0 Å². The van der Waals surface area contributed by atoms with Crippen LogP contribution in [0, 0.1) is 20.8 Å². The fraction of sp³-hybridized carbons (Fsp3) is 0.304. The van der Waals surface area contributed by atoms with Gasteiger partial charge in [-0.05, 0) is 46.8 Å². The monoisotopic (exact) mass is 431 g/mol. The fourth-order valence-electron chi connectivity index (χ4n) is 4.20. The Labute approximate surface area is 184 Å². The molecule has 0 spiro atoms. The maximum Gasteiger partial charge on any atom is 0.145 e. The van der Waals surface area contributed by atoms with E-state index in [1.54, 1.807) is 13.4 Å². The number of hydrogen-bond donors (Lipinski definition) is 2. The van der Waals surface area contributed by atoms with E-state index in [4.69, 9.17) is 9.26 Å². The van der Waals surface area contributed by atoms with Crippen molar-refractivity contribution < 1.29 is 9.26 Å². The lowest BCUT2D eigenvalue weighted by Crippen LogP contribution is -2.08. The van der Waals surface area contributed by atoms with Gasteiger partial charge in [0.25, 0.3) is 0 Å². The first-order valence-electron chi connectivity index (χ1n) is 10.5. The predicted molar refractivity (Wildman–Crippen MR) is 124 cm³/mol. The Hall–Kier alpha value is -3.88. The number of aromatic amines is 1. The molecule has 164 valence electrons. The maximum absolute atomic E-state index is 5.76. The Kier molecular flexibility index (Phi) is 4.61. The van der Waals surface area contributed by atoms with Crippen molar-refractivity contribution in [3.63, 3.8) is 0 Å². The van der Waals surface area contributed by atoms with E-state index in [1.165, 1.54) is 0 Å². The molecule has 0 unspecified atom stereocenters. The highest BCUT2D eigenvalue weighted by Gasteiger charge is 2.20. The van der Waals surface area contributed by atoms with Crippen LogP contribution in [-0.4, -0.2) is 37.0 Å². The summed E-state index contributed by atoms with van der Waals surface area (Å²) in [6, 6.07) is 6.28. The maximum atomic E-state index is 5.76. The highest BCUT2D eigenvalue weighted by Crippen LogP contribution is 2.40. The first-order chi connectivity index (χ1) is 15.4. The van der Waals surface area contributed by atoms with Crippen molar-refractivity contribution in [1.29, 1.82) is 0 Å². The normalized spacial score (nSPS) is 11.7. The SMILES string of the molecule is COc1cc2c(cc1-c1c(C)noc1C)[nH]c1ncnc(Nc3cc(C)nn3C(C)C)c12. The number of aryl methyl sites for hydroxylation is 3. The van der Waals surface area contributed by atoms with Gasteiger partial charge in [-0.25, -0.2) is 14.6 Å². The number of methoxy groups -OCH3 is 1.